The number of rotatable bonds is 4. The van der Waals surface area contributed by atoms with Crippen LogP contribution in [0, 0.1) is 0 Å². The first-order valence-corrected chi connectivity index (χ1v) is 6.59. The highest BCUT2D eigenvalue weighted by atomic mass is 79.9. The van der Waals surface area contributed by atoms with Gasteiger partial charge < -0.3 is 0 Å². The quantitative estimate of drug-likeness (QED) is 0.790. The average Bonchev–Trinajstić information content (AvgIpc) is 2.21. The molecule has 0 saturated heterocycles. The maximum Gasteiger partial charge on any atom is 0.150 e. The highest BCUT2D eigenvalue weighted by molar-refractivity contribution is 9.10. The molecule has 0 heterocycles. The molecule has 0 amide bonds. The second kappa shape index (κ2) is 5.34. The molecule has 1 rings (SSSR count). The number of hydrogen-bond acceptors (Lipinski definition) is 3. The minimum absolute atomic E-state index is 0.162. The van der Waals surface area contributed by atoms with Gasteiger partial charge in [0.2, 0.25) is 0 Å². The molecule has 1 aromatic rings. The number of carbonyl (C=O) groups is 1. The Labute approximate surface area is 110 Å². The summed E-state index contributed by atoms with van der Waals surface area (Å²) in [5.41, 5.74) is -0.458. The van der Waals surface area contributed by atoms with Crippen molar-refractivity contribution in [3.63, 3.8) is 0 Å². The van der Waals surface area contributed by atoms with Crippen molar-refractivity contribution in [3.8, 4) is 0 Å². The summed E-state index contributed by atoms with van der Waals surface area (Å²) in [6.07, 6.45) is 0. The first-order chi connectivity index (χ1) is 7.35. The molecule has 16 heavy (non-hydrogen) atoms. The molecule has 0 N–H and O–H groups in total. The second-order valence-electron chi connectivity index (χ2n) is 4.13. The minimum Gasteiger partial charge on any atom is -0.298 e. The topological polar surface area (TPSA) is 20.3 Å². The van der Waals surface area contributed by atoms with Crippen LogP contribution in [-0.2, 0) is 4.79 Å². The normalized spacial score (nSPS) is 11.9. The molecule has 1 aromatic carbocycles. The van der Waals surface area contributed by atoms with Gasteiger partial charge in [0.15, 0.2) is 0 Å². The van der Waals surface area contributed by atoms with Crippen LogP contribution in [0.2, 0.25) is 0 Å². The summed E-state index contributed by atoms with van der Waals surface area (Å²) in [6, 6.07) is 7.99. The Bertz CT molecular complexity index is 392. The van der Waals surface area contributed by atoms with Crippen molar-refractivity contribution in [2.45, 2.75) is 31.2 Å². The monoisotopic (exact) mass is 301 g/mol. The van der Waals surface area contributed by atoms with Crippen LogP contribution in [0.15, 0.2) is 33.6 Å². The summed E-state index contributed by atoms with van der Waals surface area (Å²) < 4.78 is 3.03. The van der Waals surface area contributed by atoms with Gasteiger partial charge in [0, 0.05) is 9.37 Å². The van der Waals surface area contributed by atoms with Gasteiger partial charge in [0.25, 0.3) is 0 Å². The van der Waals surface area contributed by atoms with Crippen molar-refractivity contribution in [2.75, 3.05) is 7.05 Å². The van der Waals surface area contributed by atoms with Crippen molar-refractivity contribution in [2.24, 2.45) is 0 Å². The zero-order valence-electron chi connectivity index (χ0n) is 9.95. The van der Waals surface area contributed by atoms with E-state index in [-0.39, 0.29) is 5.78 Å². The molecule has 0 atom stereocenters. The van der Waals surface area contributed by atoms with Crippen LogP contribution >= 0.6 is 27.9 Å². The second-order valence-corrected chi connectivity index (χ2v) is 6.16. The molecule has 4 heteroatoms. The van der Waals surface area contributed by atoms with Gasteiger partial charge in [-0.05, 0) is 67.8 Å². The highest BCUT2D eigenvalue weighted by Gasteiger charge is 2.29. The van der Waals surface area contributed by atoms with Crippen LogP contribution in [0.5, 0.6) is 0 Å². The van der Waals surface area contributed by atoms with E-state index in [1.54, 1.807) is 18.9 Å². The largest absolute Gasteiger partial charge is 0.298 e. The van der Waals surface area contributed by atoms with Gasteiger partial charge in [-0.1, -0.05) is 12.1 Å². The molecule has 0 saturated carbocycles. The Morgan fingerprint density at radius 3 is 2.44 bits per heavy atom. The summed E-state index contributed by atoms with van der Waals surface area (Å²) in [7, 11) is 1.94. The summed E-state index contributed by atoms with van der Waals surface area (Å²) >= 11 is 5.07. The predicted molar refractivity (Wildman–Crippen MR) is 72.5 cm³/mol. The third-order valence-corrected chi connectivity index (χ3v) is 4.96. The summed E-state index contributed by atoms with van der Waals surface area (Å²) in [6.45, 7) is 5.48. The van der Waals surface area contributed by atoms with E-state index < -0.39 is 5.54 Å². The molecule has 0 aliphatic rings. The molecule has 2 nitrogen and oxygen atoms in total. The molecule has 0 aromatic heterocycles. The summed E-state index contributed by atoms with van der Waals surface area (Å²) in [4.78, 5) is 12.6. The van der Waals surface area contributed by atoms with E-state index in [0.29, 0.717) is 0 Å². The van der Waals surface area contributed by atoms with E-state index in [1.165, 1.54) is 0 Å². The number of Topliss-reactive ketones (excluding diaryl/α,β-unsaturated/α-hetero) is 1. The van der Waals surface area contributed by atoms with Gasteiger partial charge in [0.1, 0.15) is 5.78 Å². The minimum atomic E-state index is -0.458. The summed E-state index contributed by atoms with van der Waals surface area (Å²) in [5.74, 6) is 0.162. The third-order valence-electron chi connectivity index (χ3n) is 2.72. The Kier molecular flexibility index (Phi) is 4.59. The van der Waals surface area contributed by atoms with Crippen LogP contribution in [0.1, 0.15) is 20.8 Å². The molecule has 0 fully saturated rings. The molecule has 0 aliphatic heterocycles. The van der Waals surface area contributed by atoms with E-state index in [9.17, 15) is 4.79 Å². The van der Waals surface area contributed by atoms with Crippen LogP contribution in [0.4, 0.5) is 0 Å². The van der Waals surface area contributed by atoms with Gasteiger partial charge in [-0.2, -0.15) is 0 Å². The third kappa shape index (κ3) is 3.09. The number of benzene rings is 1. The number of carbonyl (C=O) groups excluding carboxylic acids is 1. The lowest BCUT2D eigenvalue weighted by molar-refractivity contribution is -0.123. The van der Waals surface area contributed by atoms with Crippen molar-refractivity contribution >= 4 is 33.7 Å². The SMILES string of the molecule is CC(=O)C(C)(C)N(C)Sc1ccccc1Br. The van der Waals surface area contributed by atoms with E-state index in [1.807, 2.05) is 49.5 Å². The Morgan fingerprint density at radius 2 is 1.94 bits per heavy atom. The van der Waals surface area contributed by atoms with E-state index in [0.717, 1.165) is 9.37 Å². The molecule has 0 bridgehead atoms. The van der Waals surface area contributed by atoms with Crippen molar-refractivity contribution in [1.82, 2.24) is 4.31 Å². The number of hydrogen-bond donors (Lipinski definition) is 0. The Balaban J connectivity index is 2.83. The Morgan fingerprint density at radius 1 is 1.38 bits per heavy atom. The lowest BCUT2D eigenvalue weighted by atomic mass is 10.0. The van der Waals surface area contributed by atoms with Crippen LogP contribution in [0.3, 0.4) is 0 Å². The van der Waals surface area contributed by atoms with Crippen LogP contribution in [0.25, 0.3) is 0 Å². The molecular weight excluding hydrogens is 286 g/mol. The van der Waals surface area contributed by atoms with E-state index >= 15 is 0 Å². The van der Waals surface area contributed by atoms with Gasteiger partial charge in [-0.25, -0.2) is 4.31 Å². The molecule has 88 valence electrons. The molecule has 0 spiro atoms. The zero-order chi connectivity index (χ0) is 12.3. The molecule has 0 radical (unpaired) electrons. The van der Waals surface area contributed by atoms with Gasteiger partial charge in [-0.3, -0.25) is 4.79 Å². The fourth-order valence-electron chi connectivity index (χ4n) is 1.00. The maximum absolute atomic E-state index is 11.5. The van der Waals surface area contributed by atoms with Crippen LogP contribution in [-0.4, -0.2) is 22.7 Å². The zero-order valence-corrected chi connectivity index (χ0v) is 12.4. The maximum atomic E-state index is 11.5. The number of ketones is 1. The van der Waals surface area contributed by atoms with Gasteiger partial charge >= 0.3 is 0 Å². The summed E-state index contributed by atoms with van der Waals surface area (Å²) in [5, 5.41) is 0. The molecular formula is C12H16BrNOS. The predicted octanol–water partition coefficient (Wildman–Crippen LogP) is 3.76. The lowest BCUT2D eigenvalue weighted by Crippen LogP contribution is -2.42. The van der Waals surface area contributed by atoms with Crippen LogP contribution < -0.4 is 0 Å². The van der Waals surface area contributed by atoms with Crippen molar-refractivity contribution in [1.29, 1.82) is 0 Å². The van der Waals surface area contributed by atoms with Gasteiger partial charge in [0.05, 0.1) is 5.54 Å². The average molecular weight is 302 g/mol. The fraction of sp³-hybridized carbons (Fsp3) is 0.417. The molecule has 0 unspecified atom stereocenters. The first kappa shape index (κ1) is 13.7. The Hall–Kier alpha value is -0.320. The standard InChI is InChI=1S/C12H16BrNOS/c1-9(15)12(2,3)14(4)16-11-8-6-5-7-10(11)13/h5-8H,1-4H3. The number of likely N-dealkylation sites (N-methyl/N-ethyl adjacent to an activating group) is 1. The smallest absolute Gasteiger partial charge is 0.150 e. The molecule has 0 aliphatic carbocycles. The fourth-order valence-corrected chi connectivity index (χ4v) is 2.45. The highest BCUT2D eigenvalue weighted by Crippen LogP contribution is 2.33. The van der Waals surface area contributed by atoms with E-state index in [4.69, 9.17) is 0 Å². The van der Waals surface area contributed by atoms with Gasteiger partial charge in [-0.15, -0.1) is 0 Å². The number of nitrogens with zero attached hydrogens (tertiary/aromatic N) is 1. The van der Waals surface area contributed by atoms with Crippen molar-refractivity contribution < 1.29 is 4.79 Å². The lowest BCUT2D eigenvalue weighted by Gasteiger charge is -2.32. The first-order valence-electron chi connectivity index (χ1n) is 5.03. The van der Waals surface area contributed by atoms with Crippen molar-refractivity contribution in [3.05, 3.63) is 28.7 Å². The van der Waals surface area contributed by atoms with E-state index in [2.05, 4.69) is 15.9 Å². The number of halogens is 1.